The molecule has 0 aliphatic rings. The van der Waals surface area contributed by atoms with Crippen LogP contribution in [0.2, 0.25) is 0 Å². The molecule has 0 saturated heterocycles. The van der Waals surface area contributed by atoms with Crippen molar-refractivity contribution in [2.24, 2.45) is 0 Å². The Bertz CT molecular complexity index is 574. The zero-order valence-corrected chi connectivity index (χ0v) is 13.4. The molecule has 0 aliphatic carbocycles. The van der Waals surface area contributed by atoms with Gasteiger partial charge in [-0.3, -0.25) is 4.79 Å². The maximum Gasteiger partial charge on any atom is 0.267 e. The van der Waals surface area contributed by atoms with Gasteiger partial charge < -0.3 is 15.4 Å². The number of nitrogens with zero attached hydrogens (tertiary/aromatic N) is 1. The Kier molecular flexibility index (Phi) is 7.73. The van der Waals surface area contributed by atoms with Gasteiger partial charge in [0.2, 0.25) is 0 Å². The molecule has 0 saturated carbocycles. The molecule has 1 aromatic carbocycles. The molecule has 0 aliphatic heterocycles. The van der Waals surface area contributed by atoms with E-state index in [0.717, 1.165) is 23.2 Å². The van der Waals surface area contributed by atoms with Crippen molar-refractivity contribution < 1.29 is 9.53 Å². The van der Waals surface area contributed by atoms with E-state index in [4.69, 9.17) is 10.00 Å². The summed E-state index contributed by atoms with van der Waals surface area (Å²) in [7, 11) is 0. The first-order chi connectivity index (χ1) is 10.6. The summed E-state index contributed by atoms with van der Waals surface area (Å²) in [6.07, 6.45) is 2.27. The van der Waals surface area contributed by atoms with Crippen molar-refractivity contribution in [3.8, 4) is 6.07 Å². The molecular weight excluding hydrogens is 278 g/mol. The lowest BCUT2D eigenvalue weighted by Crippen LogP contribution is -2.18. The standard InChI is InChI=1S/C17H23N3O2/c1-4-22-10-6-9-19-12-15(11-18)17(21)20-16-8-5-7-13(2)14(16)3/h5,7-8,12,19H,4,6,9-10H2,1-3H3,(H,20,21)/b15-12-. The first kappa shape index (κ1) is 17.7. The molecule has 1 rings (SSSR count). The molecule has 1 amide bonds. The van der Waals surface area contributed by atoms with Gasteiger partial charge >= 0.3 is 0 Å². The second-order valence-corrected chi connectivity index (χ2v) is 4.88. The SMILES string of the molecule is CCOCCCN/C=C(/C#N)C(=O)Nc1cccc(C)c1C. The number of rotatable bonds is 8. The number of hydrogen-bond acceptors (Lipinski definition) is 4. The summed E-state index contributed by atoms with van der Waals surface area (Å²) in [4.78, 5) is 12.1. The number of nitriles is 1. The molecule has 2 N–H and O–H groups in total. The van der Waals surface area contributed by atoms with Crippen molar-refractivity contribution in [2.75, 3.05) is 25.1 Å². The Balaban J connectivity index is 2.57. The molecule has 0 unspecified atom stereocenters. The van der Waals surface area contributed by atoms with Crippen molar-refractivity contribution in [3.63, 3.8) is 0 Å². The number of anilines is 1. The third-order valence-corrected chi connectivity index (χ3v) is 3.28. The minimum atomic E-state index is -0.409. The van der Waals surface area contributed by atoms with Crippen LogP contribution in [0.5, 0.6) is 0 Å². The quantitative estimate of drug-likeness (QED) is 0.440. The van der Waals surface area contributed by atoms with E-state index in [-0.39, 0.29) is 5.57 Å². The number of aryl methyl sites for hydroxylation is 1. The number of ether oxygens (including phenoxy) is 1. The van der Waals surface area contributed by atoms with Gasteiger partial charge in [0.1, 0.15) is 11.6 Å². The normalized spacial score (nSPS) is 10.9. The molecule has 0 atom stereocenters. The Morgan fingerprint density at radius 1 is 1.41 bits per heavy atom. The van der Waals surface area contributed by atoms with Crippen molar-refractivity contribution >= 4 is 11.6 Å². The number of nitrogens with one attached hydrogen (secondary N) is 2. The summed E-state index contributed by atoms with van der Waals surface area (Å²) >= 11 is 0. The molecule has 0 radical (unpaired) electrons. The Morgan fingerprint density at radius 2 is 2.18 bits per heavy atom. The van der Waals surface area contributed by atoms with Gasteiger partial charge in [-0.1, -0.05) is 12.1 Å². The first-order valence-electron chi connectivity index (χ1n) is 7.39. The largest absolute Gasteiger partial charge is 0.390 e. The lowest BCUT2D eigenvalue weighted by atomic mass is 10.1. The lowest BCUT2D eigenvalue weighted by Gasteiger charge is -2.10. The summed E-state index contributed by atoms with van der Waals surface area (Å²) in [6.45, 7) is 7.87. The van der Waals surface area contributed by atoms with Crippen LogP contribution in [0.4, 0.5) is 5.69 Å². The molecule has 118 valence electrons. The van der Waals surface area contributed by atoms with Gasteiger partial charge in [0.25, 0.3) is 5.91 Å². The van der Waals surface area contributed by atoms with Gasteiger partial charge in [0, 0.05) is 31.6 Å². The third kappa shape index (κ3) is 5.58. The van der Waals surface area contributed by atoms with E-state index >= 15 is 0 Å². The number of hydrogen-bond donors (Lipinski definition) is 2. The van der Waals surface area contributed by atoms with Crippen LogP contribution in [0.25, 0.3) is 0 Å². The fraction of sp³-hybridized carbons (Fsp3) is 0.412. The van der Waals surface area contributed by atoms with E-state index in [9.17, 15) is 4.79 Å². The Labute approximate surface area is 132 Å². The summed E-state index contributed by atoms with van der Waals surface area (Å²) in [6, 6.07) is 7.59. The third-order valence-electron chi connectivity index (χ3n) is 3.28. The fourth-order valence-corrected chi connectivity index (χ4v) is 1.82. The van der Waals surface area contributed by atoms with Crippen LogP contribution in [0, 0.1) is 25.2 Å². The van der Waals surface area contributed by atoms with Gasteiger partial charge in [-0.15, -0.1) is 0 Å². The second-order valence-electron chi connectivity index (χ2n) is 4.88. The van der Waals surface area contributed by atoms with Crippen molar-refractivity contribution in [1.82, 2.24) is 5.32 Å². The van der Waals surface area contributed by atoms with Crippen molar-refractivity contribution in [3.05, 3.63) is 41.1 Å². The number of carbonyl (C=O) groups is 1. The summed E-state index contributed by atoms with van der Waals surface area (Å²) in [5.41, 5.74) is 2.87. The molecule has 0 heterocycles. The molecular formula is C17H23N3O2. The zero-order chi connectivity index (χ0) is 16.4. The van der Waals surface area contributed by atoms with Crippen molar-refractivity contribution in [1.29, 1.82) is 5.26 Å². The monoisotopic (exact) mass is 301 g/mol. The van der Waals surface area contributed by atoms with Crippen LogP contribution < -0.4 is 10.6 Å². The van der Waals surface area contributed by atoms with E-state index in [2.05, 4.69) is 10.6 Å². The van der Waals surface area contributed by atoms with E-state index in [1.807, 2.05) is 45.0 Å². The van der Waals surface area contributed by atoms with Crippen molar-refractivity contribution in [2.45, 2.75) is 27.2 Å². The molecule has 22 heavy (non-hydrogen) atoms. The number of amides is 1. The molecule has 5 heteroatoms. The Hall–Kier alpha value is -2.32. The zero-order valence-electron chi connectivity index (χ0n) is 13.4. The highest BCUT2D eigenvalue weighted by Gasteiger charge is 2.10. The fourth-order valence-electron chi connectivity index (χ4n) is 1.82. The number of benzene rings is 1. The van der Waals surface area contributed by atoms with E-state index in [1.165, 1.54) is 6.20 Å². The topological polar surface area (TPSA) is 74.1 Å². The van der Waals surface area contributed by atoms with Crippen LogP contribution in [-0.2, 0) is 9.53 Å². The highest BCUT2D eigenvalue weighted by molar-refractivity contribution is 6.06. The molecule has 0 fully saturated rings. The van der Waals surface area contributed by atoms with Gasteiger partial charge in [-0.05, 0) is 44.4 Å². The smallest absolute Gasteiger partial charge is 0.267 e. The van der Waals surface area contributed by atoms with Gasteiger partial charge in [-0.25, -0.2) is 0 Å². The van der Waals surface area contributed by atoms with E-state index in [1.54, 1.807) is 0 Å². The molecule has 1 aromatic rings. The lowest BCUT2D eigenvalue weighted by molar-refractivity contribution is -0.112. The van der Waals surface area contributed by atoms with Gasteiger partial charge in [-0.2, -0.15) is 5.26 Å². The summed E-state index contributed by atoms with van der Waals surface area (Å²) < 4.78 is 5.21. The van der Waals surface area contributed by atoms with Crippen LogP contribution in [0.1, 0.15) is 24.5 Å². The maximum absolute atomic E-state index is 12.1. The minimum absolute atomic E-state index is 0.0531. The van der Waals surface area contributed by atoms with Crippen LogP contribution in [0.3, 0.4) is 0 Å². The van der Waals surface area contributed by atoms with Gasteiger partial charge in [0.05, 0.1) is 0 Å². The average molecular weight is 301 g/mol. The van der Waals surface area contributed by atoms with E-state index in [0.29, 0.717) is 19.8 Å². The predicted octanol–water partition coefficient (Wildman–Crippen LogP) is 2.67. The Morgan fingerprint density at radius 3 is 2.86 bits per heavy atom. The highest BCUT2D eigenvalue weighted by atomic mass is 16.5. The molecule has 0 spiro atoms. The van der Waals surface area contributed by atoms with Gasteiger partial charge in [0.15, 0.2) is 0 Å². The van der Waals surface area contributed by atoms with E-state index < -0.39 is 5.91 Å². The average Bonchev–Trinajstić information content (AvgIpc) is 2.51. The maximum atomic E-state index is 12.1. The van der Waals surface area contributed by atoms with Crippen LogP contribution in [0.15, 0.2) is 30.0 Å². The first-order valence-corrected chi connectivity index (χ1v) is 7.39. The highest BCUT2D eigenvalue weighted by Crippen LogP contribution is 2.18. The molecule has 5 nitrogen and oxygen atoms in total. The van der Waals surface area contributed by atoms with Crippen LogP contribution in [-0.4, -0.2) is 25.7 Å². The molecule has 0 aromatic heterocycles. The molecule has 0 bridgehead atoms. The van der Waals surface area contributed by atoms with Crippen LogP contribution >= 0.6 is 0 Å². The second kappa shape index (κ2) is 9.59. The minimum Gasteiger partial charge on any atom is -0.390 e. The number of carbonyl (C=O) groups excluding carboxylic acids is 1. The summed E-state index contributed by atoms with van der Waals surface area (Å²) in [5, 5.41) is 14.8. The predicted molar refractivity (Wildman–Crippen MR) is 87.4 cm³/mol. The summed E-state index contributed by atoms with van der Waals surface area (Å²) in [5.74, 6) is -0.409.